The van der Waals surface area contributed by atoms with Crippen molar-refractivity contribution >= 4 is 5.97 Å². The van der Waals surface area contributed by atoms with Crippen LogP contribution >= 0.6 is 0 Å². The number of rotatable bonds is 9. The number of carboxylic acids is 1. The third-order valence-electron chi connectivity index (χ3n) is 19.4. The van der Waals surface area contributed by atoms with Gasteiger partial charge in [-0.3, -0.25) is 4.79 Å². The number of allylic oxidation sites excluding steroid dienone is 1. The largest absolute Gasteiger partial charge is 0.481 e. The normalized spacial score (nSPS) is 55.5. The average molecular weight is 897 g/mol. The van der Waals surface area contributed by atoms with Crippen LogP contribution in [0.5, 0.6) is 0 Å². The second-order valence-electron chi connectivity index (χ2n) is 22.5. The van der Waals surface area contributed by atoms with Crippen LogP contribution in [0.25, 0.3) is 0 Å². The summed E-state index contributed by atoms with van der Waals surface area (Å²) in [5.74, 6) is 0.709. The Kier molecular flexibility index (Phi) is 13.0. The second-order valence-corrected chi connectivity index (χ2v) is 22.5. The zero-order valence-electron chi connectivity index (χ0n) is 38.1. The highest BCUT2D eigenvalue weighted by Gasteiger charge is 2.72. The van der Waals surface area contributed by atoms with Gasteiger partial charge in [0.15, 0.2) is 18.9 Å². The van der Waals surface area contributed by atoms with Crippen LogP contribution in [-0.4, -0.2) is 157 Å². The minimum Gasteiger partial charge on any atom is -0.481 e. The highest BCUT2D eigenvalue weighted by molar-refractivity contribution is 5.76. The molecular formula is C47H76O16. The van der Waals surface area contributed by atoms with E-state index in [1.54, 1.807) is 0 Å². The van der Waals surface area contributed by atoms with Gasteiger partial charge in [0.2, 0.25) is 0 Å². The molecule has 0 bridgehead atoms. The molecule has 0 aromatic heterocycles. The van der Waals surface area contributed by atoms with E-state index in [1.807, 2.05) is 0 Å². The Morgan fingerprint density at radius 1 is 0.683 bits per heavy atom. The number of aliphatic hydroxyl groups is 8. The van der Waals surface area contributed by atoms with Crippen molar-refractivity contribution in [1.29, 1.82) is 0 Å². The van der Waals surface area contributed by atoms with Crippen molar-refractivity contribution in [3.8, 4) is 0 Å². The fourth-order valence-corrected chi connectivity index (χ4v) is 15.7. The fourth-order valence-electron chi connectivity index (χ4n) is 15.7. The maximum atomic E-state index is 13.1. The Hall–Kier alpha value is -1.35. The lowest BCUT2D eigenvalue weighted by molar-refractivity contribution is -0.382. The minimum atomic E-state index is -1.80. The lowest BCUT2D eigenvalue weighted by Crippen LogP contribution is -2.67. The molecule has 8 fully saturated rings. The predicted molar refractivity (Wildman–Crippen MR) is 223 cm³/mol. The summed E-state index contributed by atoms with van der Waals surface area (Å²) in [6, 6.07) is 0. The number of hydrogen-bond donors (Lipinski definition) is 9. The summed E-state index contributed by atoms with van der Waals surface area (Å²) in [5.41, 5.74) is 0.0466. The van der Waals surface area contributed by atoms with Crippen LogP contribution in [0.4, 0.5) is 0 Å². The van der Waals surface area contributed by atoms with Crippen LogP contribution in [0, 0.1) is 56.7 Å². The van der Waals surface area contributed by atoms with Gasteiger partial charge in [0, 0.05) is 0 Å². The monoisotopic (exact) mass is 897 g/mol. The maximum Gasteiger partial charge on any atom is 0.309 e. The number of fused-ring (bicyclic) bond motifs is 7. The molecule has 0 aromatic rings. The van der Waals surface area contributed by atoms with Crippen LogP contribution < -0.4 is 0 Å². The summed E-state index contributed by atoms with van der Waals surface area (Å²) < 4.78 is 36.3. The second kappa shape index (κ2) is 17.0. The number of hydrogen-bond acceptors (Lipinski definition) is 15. The maximum absolute atomic E-state index is 13.1. The minimum absolute atomic E-state index is 0.0133. The number of ether oxygens (including phenoxy) is 6. The van der Waals surface area contributed by atoms with E-state index in [0.717, 1.165) is 56.9 Å². The molecule has 3 unspecified atom stereocenters. The molecule has 0 aromatic carbocycles. The number of aliphatic carboxylic acids is 1. The molecule has 0 radical (unpaired) electrons. The summed E-state index contributed by atoms with van der Waals surface area (Å²) in [6.07, 6.45) is -12.4. The van der Waals surface area contributed by atoms with E-state index >= 15 is 0 Å². The number of carbonyl (C=O) groups is 1. The van der Waals surface area contributed by atoms with Crippen molar-refractivity contribution in [3.05, 3.63) is 12.2 Å². The van der Waals surface area contributed by atoms with E-state index in [9.17, 15) is 50.8 Å². The zero-order chi connectivity index (χ0) is 45.9. The number of carboxylic acid groups (broad SMARTS) is 1. The van der Waals surface area contributed by atoms with Crippen LogP contribution in [0.3, 0.4) is 0 Å². The topological polar surface area (TPSA) is 255 Å². The van der Waals surface area contributed by atoms with E-state index in [-0.39, 0.29) is 52.1 Å². The van der Waals surface area contributed by atoms with Crippen LogP contribution in [-0.2, 0) is 33.2 Å². The van der Waals surface area contributed by atoms with Crippen molar-refractivity contribution in [2.75, 3.05) is 13.2 Å². The molecule has 3 aliphatic heterocycles. The first kappa shape index (κ1) is 48.1. The molecular weight excluding hydrogens is 821 g/mol. The molecule has 3 saturated heterocycles. The summed E-state index contributed by atoms with van der Waals surface area (Å²) in [7, 11) is 0. The summed E-state index contributed by atoms with van der Waals surface area (Å²) in [4.78, 5) is 13.1. The van der Waals surface area contributed by atoms with E-state index in [1.165, 1.54) is 6.92 Å². The van der Waals surface area contributed by atoms with Crippen molar-refractivity contribution in [2.45, 2.75) is 205 Å². The number of aliphatic hydroxyl groups excluding tert-OH is 8. The molecule has 0 amide bonds. The lowest BCUT2D eigenvalue weighted by atomic mass is 9.32. The Balaban J connectivity index is 0.989. The summed E-state index contributed by atoms with van der Waals surface area (Å²) in [5, 5.41) is 96.4. The Labute approximate surface area is 371 Å². The highest BCUT2D eigenvalue weighted by atomic mass is 16.8. The Morgan fingerprint density at radius 3 is 2.03 bits per heavy atom. The zero-order valence-corrected chi connectivity index (χ0v) is 38.1. The van der Waals surface area contributed by atoms with Crippen LogP contribution in [0.15, 0.2) is 12.2 Å². The smallest absolute Gasteiger partial charge is 0.309 e. The van der Waals surface area contributed by atoms with Gasteiger partial charge in [-0.15, -0.1) is 0 Å². The van der Waals surface area contributed by atoms with Crippen LogP contribution in [0.2, 0.25) is 0 Å². The van der Waals surface area contributed by atoms with Crippen molar-refractivity contribution in [1.82, 2.24) is 0 Å². The quantitative estimate of drug-likeness (QED) is 0.119. The van der Waals surface area contributed by atoms with Gasteiger partial charge >= 0.3 is 5.97 Å². The van der Waals surface area contributed by atoms with Gasteiger partial charge in [0.25, 0.3) is 0 Å². The average Bonchev–Trinajstić information content (AvgIpc) is 3.64. The molecule has 8 rings (SSSR count). The predicted octanol–water partition coefficient (Wildman–Crippen LogP) is 2.23. The van der Waals surface area contributed by atoms with Crippen molar-refractivity contribution < 1.29 is 79.2 Å². The first-order valence-corrected chi connectivity index (χ1v) is 23.6. The van der Waals surface area contributed by atoms with Crippen molar-refractivity contribution in [2.24, 2.45) is 56.7 Å². The van der Waals surface area contributed by atoms with E-state index in [2.05, 4.69) is 48.1 Å². The molecule has 5 aliphatic carbocycles. The fraction of sp³-hybridized carbons (Fsp3) is 0.936. The molecule has 8 aliphatic rings. The van der Waals surface area contributed by atoms with Gasteiger partial charge in [0.1, 0.15) is 61.0 Å². The summed E-state index contributed by atoms with van der Waals surface area (Å²) >= 11 is 0. The van der Waals surface area contributed by atoms with Gasteiger partial charge < -0.3 is 74.4 Å². The SMILES string of the molecule is C=C(C)[C@@H]1CC[C@]2(C(=O)O)CC[C@]3(C)C(CC[C@@H]4[C@@]5(C)CC[C@H](O[C@@H]6OC[C@H](O)[C@H](O)[C@H]6O[C@@H]6O[C@@H](C)[C@H](O)[C@@H](O[C@@H]7O[C@H](CO)[C@@H](O)[C@H](O)[C@H]7O)[C@H]6O)C(C)(C)C5CC[C@]43C)C12. The third-order valence-corrected chi connectivity index (χ3v) is 19.4. The third kappa shape index (κ3) is 7.33. The molecule has 24 atom stereocenters. The Bertz CT molecular complexity index is 1700. The van der Waals surface area contributed by atoms with Gasteiger partial charge in [-0.1, -0.05) is 46.8 Å². The van der Waals surface area contributed by atoms with E-state index in [4.69, 9.17) is 28.4 Å². The highest BCUT2D eigenvalue weighted by Crippen LogP contribution is 2.77. The van der Waals surface area contributed by atoms with E-state index in [0.29, 0.717) is 24.7 Å². The van der Waals surface area contributed by atoms with Gasteiger partial charge in [0.05, 0.1) is 30.8 Å². The molecule has 16 heteroatoms. The molecule has 16 nitrogen and oxygen atoms in total. The van der Waals surface area contributed by atoms with Crippen molar-refractivity contribution in [3.63, 3.8) is 0 Å². The van der Waals surface area contributed by atoms with Gasteiger partial charge in [-0.2, -0.15) is 0 Å². The first-order valence-electron chi connectivity index (χ1n) is 23.6. The van der Waals surface area contributed by atoms with Crippen LogP contribution in [0.1, 0.15) is 113 Å². The van der Waals surface area contributed by atoms with Gasteiger partial charge in [-0.05, 0) is 129 Å². The summed E-state index contributed by atoms with van der Waals surface area (Å²) in [6.45, 7) is 19.0. The lowest BCUT2D eigenvalue weighted by Gasteiger charge is -2.73. The molecule has 3 heterocycles. The molecule has 5 saturated carbocycles. The molecule has 63 heavy (non-hydrogen) atoms. The Morgan fingerprint density at radius 2 is 1.37 bits per heavy atom. The van der Waals surface area contributed by atoms with E-state index < -0.39 is 104 Å². The first-order chi connectivity index (χ1) is 29.5. The standard InChI is InChI=1S/C47H76O16/c1-21(2)23-11-16-47(42(56)57)18-17-45(7)24(30(23)47)9-10-28-44(6)14-13-29(43(4,5)27(44)12-15-46(28,45)8)61-41-38(32(51)25(49)20-58-41)63-40-36(55)37(31(50)22(3)59-40)62-39-35(54)34(53)33(52)26(19-48)60-39/h22-41,48-55H,1,9-20H2,2-8H3,(H,56,57)/t22-,23-,24?,25-,26+,27?,28+,29-,30?,31-,32-,33+,34-,35+,36+,37+,38+,39-,40-,41-,44-,45+,46+,47-/m0/s1. The molecule has 9 N–H and O–H groups in total. The van der Waals surface area contributed by atoms with Gasteiger partial charge in [-0.25, -0.2) is 0 Å². The molecule has 360 valence electrons. The molecule has 0 spiro atoms.